The highest BCUT2D eigenvalue weighted by molar-refractivity contribution is 5.79. The van der Waals surface area contributed by atoms with Gasteiger partial charge in [-0.3, -0.25) is 4.79 Å². The maximum Gasteiger partial charge on any atom is 0.227 e. The van der Waals surface area contributed by atoms with E-state index in [-0.39, 0.29) is 5.91 Å². The van der Waals surface area contributed by atoms with Crippen molar-refractivity contribution in [3.8, 4) is 22.4 Å². The van der Waals surface area contributed by atoms with Gasteiger partial charge in [-0.2, -0.15) is 0 Å². The van der Waals surface area contributed by atoms with E-state index in [1.54, 1.807) is 0 Å². The Morgan fingerprint density at radius 2 is 1.41 bits per heavy atom. The summed E-state index contributed by atoms with van der Waals surface area (Å²) >= 11 is 0. The molecule has 0 radical (unpaired) electrons. The first-order valence-corrected chi connectivity index (χ1v) is 11.7. The van der Waals surface area contributed by atoms with Crippen LogP contribution in [0.2, 0.25) is 0 Å². The van der Waals surface area contributed by atoms with Crippen molar-refractivity contribution in [1.29, 1.82) is 0 Å². The first-order chi connectivity index (χ1) is 16.7. The molecule has 0 spiro atoms. The lowest BCUT2D eigenvalue weighted by Crippen LogP contribution is -2.49. The highest BCUT2D eigenvalue weighted by atomic mass is 16.2. The van der Waals surface area contributed by atoms with Crippen LogP contribution in [0.1, 0.15) is 11.1 Å². The predicted octanol–water partition coefficient (Wildman–Crippen LogP) is 5.01. The van der Waals surface area contributed by atoms with Gasteiger partial charge >= 0.3 is 0 Å². The third-order valence-electron chi connectivity index (χ3n) is 6.44. The lowest BCUT2D eigenvalue weighted by atomic mass is 10.0. The zero-order valence-corrected chi connectivity index (χ0v) is 19.4. The molecule has 0 aliphatic carbocycles. The van der Waals surface area contributed by atoms with Crippen LogP contribution in [0.4, 0.5) is 5.82 Å². The minimum atomic E-state index is 0.174. The summed E-state index contributed by atoms with van der Waals surface area (Å²) in [6.45, 7) is 5.00. The standard InChI is InChI=1S/C29H28N4O/c1-22-7-5-6-10-26(22)27-15-16-28(31-30-27)32-17-19-33(20-18-32)29(34)21-23-11-13-25(14-12-23)24-8-3-2-4-9-24/h2-16H,17-21H2,1H3. The van der Waals surface area contributed by atoms with E-state index < -0.39 is 0 Å². The summed E-state index contributed by atoms with van der Waals surface area (Å²) in [4.78, 5) is 17.0. The van der Waals surface area contributed by atoms with E-state index in [1.165, 1.54) is 16.7 Å². The smallest absolute Gasteiger partial charge is 0.227 e. The molecule has 0 atom stereocenters. The van der Waals surface area contributed by atoms with Gasteiger partial charge in [0.05, 0.1) is 12.1 Å². The highest BCUT2D eigenvalue weighted by Gasteiger charge is 2.22. The van der Waals surface area contributed by atoms with Crippen molar-refractivity contribution >= 4 is 11.7 Å². The van der Waals surface area contributed by atoms with Gasteiger partial charge in [0.1, 0.15) is 0 Å². The van der Waals surface area contributed by atoms with Crippen LogP contribution in [0.25, 0.3) is 22.4 Å². The molecule has 3 aromatic carbocycles. The number of aryl methyl sites for hydroxylation is 1. The lowest BCUT2D eigenvalue weighted by molar-refractivity contribution is -0.130. The number of rotatable bonds is 5. The molecule has 5 heteroatoms. The quantitative estimate of drug-likeness (QED) is 0.431. The third kappa shape index (κ3) is 4.84. The molecule has 0 unspecified atom stereocenters. The molecule has 5 nitrogen and oxygen atoms in total. The van der Waals surface area contributed by atoms with Crippen molar-refractivity contribution < 1.29 is 4.79 Å². The maximum atomic E-state index is 12.9. The molecule has 0 N–H and O–H groups in total. The van der Waals surface area contributed by atoms with Crippen molar-refractivity contribution in [3.05, 3.63) is 102 Å². The molecule has 34 heavy (non-hydrogen) atoms. The minimum Gasteiger partial charge on any atom is -0.352 e. The predicted molar refractivity (Wildman–Crippen MR) is 137 cm³/mol. The van der Waals surface area contributed by atoms with Crippen LogP contribution < -0.4 is 4.90 Å². The van der Waals surface area contributed by atoms with Gasteiger partial charge in [0.2, 0.25) is 5.91 Å². The normalized spacial score (nSPS) is 13.7. The Morgan fingerprint density at radius 3 is 2.09 bits per heavy atom. The topological polar surface area (TPSA) is 49.3 Å². The van der Waals surface area contributed by atoms with E-state index in [0.717, 1.165) is 35.7 Å². The molecule has 1 amide bonds. The fourth-order valence-corrected chi connectivity index (χ4v) is 4.41. The van der Waals surface area contributed by atoms with E-state index >= 15 is 0 Å². The highest BCUT2D eigenvalue weighted by Crippen LogP contribution is 2.23. The molecule has 4 aromatic rings. The summed E-state index contributed by atoms with van der Waals surface area (Å²) in [7, 11) is 0. The number of hydrogen-bond donors (Lipinski definition) is 0. The van der Waals surface area contributed by atoms with Crippen molar-refractivity contribution in [3.63, 3.8) is 0 Å². The van der Waals surface area contributed by atoms with E-state index in [4.69, 9.17) is 0 Å². The van der Waals surface area contributed by atoms with E-state index in [1.807, 2.05) is 47.4 Å². The SMILES string of the molecule is Cc1ccccc1-c1ccc(N2CCN(C(=O)Cc3ccc(-c4ccccc4)cc3)CC2)nn1. The Bertz CT molecular complexity index is 1250. The zero-order chi connectivity index (χ0) is 23.3. The van der Waals surface area contributed by atoms with Gasteiger partial charge in [-0.1, -0.05) is 78.9 Å². The summed E-state index contributed by atoms with van der Waals surface area (Å²) in [5, 5.41) is 8.91. The largest absolute Gasteiger partial charge is 0.352 e. The van der Waals surface area contributed by atoms with Crippen molar-refractivity contribution in [2.24, 2.45) is 0 Å². The summed E-state index contributed by atoms with van der Waals surface area (Å²) in [6, 6.07) is 30.8. The monoisotopic (exact) mass is 448 g/mol. The molecular weight excluding hydrogens is 420 g/mol. The van der Waals surface area contributed by atoms with E-state index in [9.17, 15) is 4.79 Å². The summed E-state index contributed by atoms with van der Waals surface area (Å²) < 4.78 is 0. The van der Waals surface area contributed by atoms with Crippen molar-refractivity contribution in [2.75, 3.05) is 31.1 Å². The van der Waals surface area contributed by atoms with Crippen LogP contribution in [0.3, 0.4) is 0 Å². The average Bonchev–Trinajstić information content (AvgIpc) is 2.90. The zero-order valence-electron chi connectivity index (χ0n) is 19.4. The number of nitrogens with zero attached hydrogens (tertiary/aromatic N) is 4. The van der Waals surface area contributed by atoms with Gasteiger partial charge in [0.25, 0.3) is 0 Å². The molecular formula is C29H28N4O. The molecule has 2 heterocycles. The minimum absolute atomic E-state index is 0.174. The number of anilines is 1. The Kier molecular flexibility index (Phi) is 6.34. The molecule has 5 rings (SSSR count). The maximum absolute atomic E-state index is 12.9. The number of aromatic nitrogens is 2. The summed E-state index contributed by atoms with van der Waals surface area (Å²) in [5.74, 6) is 1.04. The number of hydrogen-bond acceptors (Lipinski definition) is 4. The van der Waals surface area contributed by atoms with Crippen LogP contribution in [0.15, 0.2) is 91.0 Å². The number of carbonyl (C=O) groups excluding carboxylic acids is 1. The molecule has 1 saturated heterocycles. The molecule has 1 aliphatic heterocycles. The second kappa shape index (κ2) is 9.87. The van der Waals surface area contributed by atoms with Gasteiger partial charge in [-0.05, 0) is 41.3 Å². The Hall–Kier alpha value is -3.99. The van der Waals surface area contributed by atoms with Gasteiger partial charge in [0.15, 0.2) is 5.82 Å². The first kappa shape index (κ1) is 21.8. The lowest BCUT2D eigenvalue weighted by Gasteiger charge is -2.35. The fraction of sp³-hybridized carbons (Fsp3) is 0.207. The number of amides is 1. The van der Waals surface area contributed by atoms with E-state index in [0.29, 0.717) is 19.5 Å². The third-order valence-corrected chi connectivity index (χ3v) is 6.44. The molecule has 1 aliphatic rings. The van der Waals surface area contributed by atoms with Gasteiger partial charge in [-0.25, -0.2) is 0 Å². The average molecular weight is 449 g/mol. The second-order valence-corrected chi connectivity index (χ2v) is 8.70. The van der Waals surface area contributed by atoms with Gasteiger partial charge in [-0.15, -0.1) is 10.2 Å². The molecule has 0 bridgehead atoms. The van der Waals surface area contributed by atoms with Crippen LogP contribution in [-0.4, -0.2) is 47.2 Å². The Morgan fingerprint density at radius 1 is 0.735 bits per heavy atom. The van der Waals surface area contributed by atoms with Gasteiger partial charge in [0, 0.05) is 31.7 Å². The van der Waals surface area contributed by atoms with Crippen LogP contribution in [0.5, 0.6) is 0 Å². The molecule has 170 valence electrons. The molecule has 0 saturated carbocycles. The second-order valence-electron chi connectivity index (χ2n) is 8.70. The van der Waals surface area contributed by atoms with Crippen molar-refractivity contribution in [1.82, 2.24) is 15.1 Å². The molecule has 1 fully saturated rings. The van der Waals surface area contributed by atoms with Crippen LogP contribution in [-0.2, 0) is 11.2 Å². The number of piperazine rings is 1. The fourth-order valence-electron chi connectivity index (χ4n) is 4.41. The number of carbonyl (C=O) groups is 1. The van der Waals surface area contributed by atoms with Crippen LogP contribution >= 0.6 is 0 Å². The van der Waals surface area contributed by atoms with E-state index in [2.05, 4.69) is 70.6 Å². The van der Waals surface area contributed by atoms with Crippen LogP contribution in [0, 0.1) is 6.92 Å². The molecule has 1 aromatic heterocycles. The van der Waals surface area contributed by atoms with Crippen molar-refractivity contribution in [2.45, 2.75) is 13.3 Å². The Labute approximate surface area is 200 Å². The number of benzene rings is 3. The summed E-state index contributed by atoms with van der Waals surface area (Å²) in [5.41, 5.74) is 6.57. The van der Waals surface area contributed by atoms with Gasteiger partial charge < -0.3 is 9.80 Å². The summed E-state index contributed by atoms with van der Waals surface area (Å²) in [6.07, 6.45) is 0.431. The Balaban J connectivity index is 1.16. The first-order valence-electron chi connectivity index (χ1n) is 11.7.